The quantitative estimate of drug-likeness (QED) is 0.725. The van der Waals surface area contributed by atoms with Crippen molar-refractivity contribution in [3.05, 3.63) is 33.4 Å². The predicted molar refractivity (Wildman–Crippen MR) is 84.8 cm³/mol. The van der Waals surface area contributed by atoms with E-state index in [1.54, 1.807) is 0 Å². The van der Waals surface area contributed by atoms with E-state index >= 15 is 0 Å². The normalized spacial score (nSPS) is 12.2. The number of carbonyl (C=O) groups excluding carboxylic acids is 1. The largest absolute Gasteiger partial charge is 0.352 e. The molecule has 0 spiro atoms. The standard InChI is InChI=1S/C15H22INO/c1-3-5-6-12(4-2)11-17-15(18)13-7-9-14(16)10-8-13/h7-10,12H,3-6,11H2,1-2H3,(H,17,18). The number of rotatable bonds is 7. The summed E-state index contributed by atoms with van der Waals surface area (Å²) in [4.78, 5) is 11.9. The Bertz CT molecular complexity index is 361. The smallest absolute Gasteiger partial charge is 0.251 e. The molecule has 2 nitrogen and oxygen atoms in total. The Morgan fingerprint density at radius 1 is 1.28 bits per heavy atom. The highest BCUT2D eigenvalue weighted by Gasteiger charge is 2.09. The molecule has 0 aliphatic carbocycles. The summed E-state index contributed by atoms with van der Waals surface area (Å²) < 4.78 is 1.15. The van der Waals surface area contributed by atoms with Crippen molar-refractivity contribution in [1.82, 2.24) is 5.32 Å². The van der Waals surface area contributed by atoms with Gasteiger partial charge in [-0.3, -0.25) is 4.79 Å². The minimum atomic E-state index is 0.0429. The highest BCUT2D eigenvalue weighted by molar-refractivity contribution is 14.1. The first-order valence-corrected chi connectivity index (χ1v) is 7.79. The molecule has 0 radical (unpaired) electrons. The lowest BCUT2D eigenvalue weighted by Crippen LogP contribution is -2.29. The van der Waals surface area contributed by atoms with Crippen molar-refractivity contribution in [2.24, 2.45) is 5.92 Å². The third-order valence-corrected chi connectivity index (χ3v) is 3.92. The zero-order valence-corrected chi connectivity index (χ0v) is 13.4. The maximum Gasteiger partial charge on any atom is 0.251 e. The average molecular weight is 359 g/mol. The SMILES string of the molecule is CCCCC(CC)CNC(=O)c1ccc(I)cc1. The molecule has 1 amide bonds. The molecule has 1 rings (SSSR count). The van der Waals surface area contributed by atoms with E-state index in [1.807, 2.05) is 24.3 Å². The third kappa shape index (κ3) is 5.38. The van der Waals surface area contributed by atoms with Crippen LogP contribution in [0.25, 0.3) is 0 Å². The van der Waals surface area contributed by atoms with Gasteiger partial charge in [-0.1, -0.05) is 33.1 Å². The molecule has 1 aromatic rings. The highest BCUT2D eigenvalue weighted by atomic mass is 127. The zero-order chi connectivity index (χ0) is 13.4. The van der Waals surface area contributed by atoms with E-state index in [9.17, 15) is 4.79 Å². The van der Waals surface area contributed by atoms with Crippen LogP contribution in [0.3, 0.4) is 0 Å². The molecule has 1 unspecified atom stereocenters. The lowest BCUT2D eigenvalue weighted by Gasteiger charge is -2.15. The van der Waals surface area contributed by atoms with Gasteiger partial charge in [0.1, 0.15) is 0 Å². The summed E-state index contributed by atoms with van der Waals surface area (Å²) in [7, 11) is 0. The van der Waals surface area contributed by atoms with Gasteiger partial charge in [0.2, 0.25) is 0 Å². The average Bonchev–Trinajstić information content (AvgIpc) is 2.39. The Labute approximate surface area is 124 Å². The Morgan fingerprint density at radius 3 is 2.50 bits per heavy atom. The van der Waals surface area contributed by atoms with Crippen LogP contribution in [0.1, 0.15) is 49.9 Å². The van der Waals surface area contributed by atoms with Crippen molar-refractivity contribution in [2.45, 2.75) is 39.5 Å². The van der Waals surface area contributed by atoms with E-state index in [1.165, 1.54) is 19.3 Å². The fourth-order valence-electron chi connectivity index (χ4n) is 1.88. The third-order valence-electron chi connectivity index (χ3n) is 3.20. The molecular weight excluding hydrogens is 337 g/mol. The summed E-state index contributed by atoms with van der Waals surface area (Å²) in [6.45, 7) is 5.19. The van der Waals surface area contributed by atoms with Gasteiger partial charge in [-0.25, -0.2) is 0 Å². The fourth-order valence-corrected chi connectivity index (χ4v) is 2.24. The highest BCUT2D eigenvalue weighted by Crippen LogP contribution is 2.12. The number of carbonyl (C=O) groups is 1. The number of unbranched alkanes of at least 4 members (excludes halogenated alkanes) is 1. The van der Waals surface area contributed by atoms with Gasteiger partial charge in [-0.2, -0.15) is 0 Å². The maximum absolute atomic E-state index is 11.9. The van der Waals surface area contributed by atoms with Crippen LogP contribution in [0.5, 0.6) is 0 Å². The molecule has 1 atom stereocenters. The Balaban J connectivity index is 2.42. The van der Waals surface area contributed by atoms with Crippen LogP contribution in [0.2, 0.25) is 0 Å². The molecule has 0 fully saturated rings. The molecule has 1 aromatic carbocycles. The topological polar surface area (TPSA) is 29.1 Å². The van der Waals surface area contributed by atoms with Gasteiger partial charge in [-0.05, 0) is 59.2 Å². The van der Waals surface area contributed by atoms with Gasteiger partial charge < -0.3 is 5.32 Å². The minimum Gasteiger partial charge on any atom is -0.352 e. The van der Waals surface area contributed by atoms with Gasteiger partial charge in [-0.15, -0.1) is 0 Å². The molecule has 0 saturated heterocycles. The Kier molecular flexibility index (Phi) is 7.32. The Morgan fingerprint density at radius 2 is 1.94 bits per heavy atom. The molecule has 0 saturated carbocycles. The lowest BCUT2D eigenvalue weighted by atomic mass is 9.99. The van der Waals surface area contributed by atoms with E-state index in [-0.39, 0.29) is 5.91 Å². The van der Waals surface area contributed by atoms with Crippen LogP contribution in [-0.4, -0.2) is 12.5 Å². The van der Waals surface area contributed by atoms with Gasteiger partial charge in [0, 0.05) is 15.7 Å². The monoisotopic (exact) mass is 359 g/mol. The number of hydrogen-bond donors (Lipinski definition) is 1. The van der Waals surface area contributed by atoms with Crippen molar-refractivity contribution in [1.29, 1.82) is 0 Å². The number of hydrogen-bond acceptors (Lipinski definition) is 1. The molecule has 3 heteroatoms. The predicted octanol–water partition coefficient (Wildman–Crippen LogP) is 4.24. The summed E-state index contributed by atoms with van der Waals surface area (Å²) in [6.07, 6.45) is 4.81. The van der Waals surface area contributed by atoms with E-state index in [4.69, 9.17) is 0 Å². The van der Waals surface area contributed by atoms with E-state index in [0.717, 1.165) is 22.1 Å². The van der Waals surface area contributed by atoms with Crippen molar-refractivity contribution >= 4 is 28.5 Å². The molecular formula is C15H22INO. The summed E-state index contributed by atoms with van der Waals surface area (Å²) >= 11 is 2.24. The summed E-state index contributed by atoms with van der Waals surface area (Å²) in [5, 5.41) is 3.04. The number of halogens is 1. The van der Waals surface area contributed by atoms with Crippen molar-refractivity contribution in [3.63, 3.8) is 0 Å². The van der Waals surface area contributed by atoms with Crippen LogP contribution in [0.4, 0.5) is 0 Å². The van der Waals surface area contributed by atoms with Crippen molar-refractivity contribution in [2.75, 3.05) is 6.54 Å². The van der Waals surface area contributed by atoms with E-state index in [2.05, 4.69) is 41.8 Å². The molecule has 18 heavy (non-hydrogen) atoms. The van der Waals surface area contributed by atoms with E-state index in [0.29, 0.717) is 5.92 Å². The summed E-state index contributed by atoms with van der Waals surface area (Å²) in [5.74, 6) is 0.652. The Hall–Kier alpha value is -0.580. The van der Waals surface area contributed by atoms with E-state index < -0.39 is 0 Å². The molecule has 1 N–H and O–H groups in total. The van der Waals surface area contributed by atoms with Crippen LogP contribution in [-0.2, 0) is 0 Å². The molecule has 0 aromatic heterocycles. The molecule has 0 heterocycles. The van der Waals surface area contributed by atoms with Gasteiger partial charge in [0.25, 0.3) is 5.91 Å². The molecule has 0 aliphatic rings. The zero-order valence-electron chi connectivity index (χ0n) is 11.2. The van der Waals surface area contributed by atoms with Crippen molar-refractivity contribution in [3.8, 4) is 0 Å². The van der Waals surface area contributed by atoms with Crippen LogP contribution in [0.15, 0.2) is 24.3 Å². The number of amides is 1. The maximum atomic E-state index is 11.9. The van der Waals surface area contributed by atoms with Crippen LogP contribution in [0, 0.1) is 9.49 Å². The summed E-state index contributed by atoms with van der Waals surface area (Å²) in [5.41, 5.74) is 0.751. The first-order valence-electron chi connectivity index (χ1n) is 6.71. The molecule has 100 valence electrons. The van der Waals surface area contributed by atoms with Gasteiger partial charge in [0.05, 0.1) is 0 Å². The summed E-state index contributed by atoms with van der Waals surface area (Å²) in [6, 6.07) is 7.68. The molecule has 0 bridgehead atoms. The lowest BCUT2D eigenvalue weighted by molar-refractivity contribution is 0.0946. The second kappa shape index (κ2) is 8.51. The van der Waals surface area contributed by atoms with Crippen molar-refractivity contribution < 1.29 is 4.79 Å². The minimum absolute atomic E-state index is 0.0429. The number of nitrogens with one attached hydrogen (secondary N) is 1. The first kappa shape index (κ1) is 15.5. The number of benzene rings is 1. The van der Waals surface area contributed by atoms with Crippen LogP contribution >= 0.6 is 22.6 Å². The molecule has 0 aliphatic heterocycles. The first-order chi connectivity index (χ1) is 8.67. The van der Waals surface area contributed by atoms with Crippen LogP contribution < -0.4 is 5.32 Å². The fraction of sp³-hybridized carbons (Fsp3) is 0.533. The second-order valence-corrected chi connectivity index (χ2v) is 5.88. The van der Waals surface area contributed by atoms with Gasteiger partial charge >= 0.3 is 0 Å². The second-order valence-electron chi connectivity index (χ2n) is 4.63. The van der Waals surface area contributed by atoms with Gasteiger partial charge in [0.15, 0.2) is 0 Å².